The average Bonchev–Trinajstić information content (AvgIpc) is 2.96. The van der Waals surface area contributed by atoms with Crippen LogP contribution >= 0.6 is 0 Å². The summed E-state index contributed by atoms with van der Waals surface area (Å²) < 4.78 is 101. The normalized spacial score (nSPS) is 38.0. The molecule has 0 aliphatic carbocycles. The lowest BCUT2D eigenvalue weighted by Gasteiger charge is -2.41. The number of aromatic amines is 1. The van der Waals surface area contributed by atoms with Gasteiger partial charge < -0.3 is 19.6 Å². The van der Waals surface area contributed by atoms with Crippen LogP contribution in [0.25, 0.3) is 15.9 Å². The molecule has 1 N–H and O–H groups in total. The van der Waals surface area contributed by atoms with Crippen LogP contribution in [0.15, 0.2) is 12.3 Å². The number of carbonyl (C=O) groups is 1. The van der Waals surface area contributed by atoms with E-state index in [1.807, 2.05) is 0 Å². The van der Waals surface area contributed by atoms with Crippen molar-refractivity contribution in [2.75, 3.05) is 31.4 Å². The van der Waals surface area contributed by atoms with Crippen molar-refractivity contribution in [2.24, 2.45) is 5.89 Å². The highest BCUT2D eigenvalue weighted by Gasteiger charge is 2.33. The van der Waals surface area contributed by atoms with Crippen molar-refractivity contribution < 1.29 is 21.2 Å². The van der Waals surface area contributed by atoms with E-state index < -0.39 is 62.9 Å². The van der Waals surface area contributed by atoms with Crippen molar-refractivity contribution in [1.29, 1.82) is 0 Å². The van der Waals surface area contributed by atoms with Crippen LogP contribution in [-0.4, -0.2) is 58.3 Å². The maximum absolute atomic E-state index is 12.8. The molecular weight excluding hydrogens is 304 g/mol. The summed E-state index contributed by atoms with van der Waals surface area (Å²) >= 11 is 0. The summed E-state index contributed by atoms with van der Waals surface area (Å²) in [6, 6.07) is -2.75. The molecule has 1 aliphatic rings. The van der Waals surface area contributed by atoms with Gasteiger partial charge in [0.05, 0.1) is 15.5 Å². The quantitative estimate of drug-likeness (QED) is 0.867. The lowest BCUT2D eigenvalue weighted by molar-refractivity contribution is -0.130. The third kappa shape index (κ3) is 2.92. The summed E-state index contributed by atoms with van der Waals surface area (Å²) in [6.07, 6.45) is -4.11. The van der Waals surface area contributed by atoms with Gasteiger partial charge in [-0.3, -0.25) is 4.79 Å². The van der Waals surface area contributed by atoms with Crippen LogP contribution in [0.5, 0.6) is 0 Å². The first kappa shape index (κ1) is 7.09. The summed E-state index contributed by atoms with van der Waals surface area (Å²) in [5.74, 6) is -5.05. The van der Waals surface area contributed by atoms with E-state index in [1.165, 1.54) is 6.92 Å². The van der Waals surface area contributed by atoms with E-state index in [-0.39, 0.29) is 32.6 Å². The number of carbonyl (C=O) groups excluding carboxylic acids is 1. The number of nitrogens with one attached hydrogen (secondary N) is 1. The molecule has 2 atom stereocenters. The van der Waals surface area contributed by atoms with Crippen molar-refractivity contribution in [3.63, 3.8) is 0 Å². The zero-order valence-corrected chi connectivity index (χ0v) is 12.9. The molecule has 0 saturated carbocycles. The number of fused-ring (bicyclic) bond motifs is 1. The van der Waals surface area contributed by atoms with Crippen LogP contribution in [0.3, 0.4) is 0 Å². The molecule has 7 heteroatoms. The molecule has 1 saturated heterocycles. The Bertz CT molecular complexity index is 1260. The van der Waals surface area contributed by atoms with Gasteiger partial charge >= 0.3 is 5.91 Å². The van der Waals surface area contributed by atoms with Gasteiger partial charge in [-0.15, -0.1) is 0 Å². The predicted molar refractivity (Wildman–Crippen MR) is 92.6 cm³/mol. The minimum absolute atomic E-state index is 0.135. The summed E-state index contributed by atoms with van der Waals surface area (Å²) in [7, 11) is 0. The molecule has 24 heavy (non-hydrogen) atoms. The SMILES string of the molecule is [2H]c1nc(N([C@H]2C([2H])([2H])N(C(=O)C[N+]#[C-])C([2H])([2H])C([2H])([2H])[C@@]2([2H])C)C([2H])([2H])[2H])c2c([2H])c(C)[nH]c2n1. The van der Waals surface area contributed by atoms with Gasteiger partial charge in [-0.05, 0) is 25.2 Å². The minimum Gasteiger partial charge on any atom is -0.354 e. The fourth-order valence-electron chi connectivity index (χ4n) is 2.23. The summed E-state index contributed by atoms with van der Waals surface area (Å²) in [6.45, 7) is -2.12. The van der Waals surface area contributed by atoms with Gasteiger partial charge in [-0.25, -0.2) is 16.5 Å². The second-order valence-electron chi connectivity index (χ2n) is 5.11. The Morgan fingerprint density at radius 3 is 3.33 bits per heavy atom. The monoisotopic (exact) mass is 338 g/mol. The average molecular weight is 338 g/mol. The molecule has 0 spiro atoms. The van der Waals surface area contributed by atoms with Crippen LogP contribution in [-0.2, 0) is 4.79 Å². The second kappa shape index (κ2) is 6.48. The largest absolute Gasteiger partial charge is 0.354 e. The van der Waals surface area contributed by atoms with Gasteiger partial charge in [0.15, 0.2) is 0 Å². The number of anilines is 1. The van der Waals surface area contributed by atoms with E-state index in [0.29, 0.717) is 0 Å². The maximum Gasteiger partial charge on any atom is 0.302 e. The van der Waals surface area contributed by atoms with Gasteiger partial charge in [0.2, 0.25) is 0 Å². The van der Waals surface area contributed by atoms with Gasteiger partial charge in [-0.1, -0.05) is 6.92 Å². The molecule has 7 nitrogen and oxygen atoms in total. The second-order valence-corrected chi connectivity index (χ2v) is 5.11. The van der Waals surface area contributed by atoms with E-state index in [2.05, 4.69) is 19.8 Å². The number of amides is 1. The van der Waals surface area contributed by atoms with Crippen LogP contribution in [0.2, 0.25) is 0 Å². The fraction of sp³-hybridized carbons (Fsp3) is 0.529. The van der Waals surface area contributed by atoms with Crippen LogP contribution < -0.4 is 4.90 Å². The number of likely N-dealkylation sites (tertiary alicyclic amines) is 1. The van der Waals surface area contributed by atoms with Gasteiger partial charge in [-0.2, -0.15) is 0 Å². The molecule has 2 aromatic heterocycles. The van der Waals surface area contributed by atoms with E-state index in [4.69, 9.17) is 23.0 Å². The third-order valence-corrected chi connectivity index (χ3v) is 3.37. The number of H-pyrrole nitrogens is 1. The molecule has 0 radical (unpaired) electrons. The Labute approximate surface area is 158 Å². The molecule has 126 valence electrons. The molecular formula is C17H22N6O. The van der Waals surface area contributed by atoms with Crippen LogP contribution in [0.1, 0.15) is 35.4 Å². The Morgan fingerprint density at radius 1 is 1.75 bits per heavy atom. The van der Waals surface area contributed by atoms with Crippen molar-refractivity contribution >= 4 is 22.8 Å². The number of rotatable bonds is 3. The van der Waals surface area contributed by atoms with E-state index >= 15 is 0 Å². The summed E-state index contributed by atoms with van der Waals surface area (Å²) in [5.41, 5.74) is 0.0709. The standard InChI is InChI=1S/C17H22N6O/c1-11-5-6-23(15(24)8-18-3)9-14(11)22(4)17-13-7-12(2)21-16(13)19-10-20-17/h7,10-11,14H,5-6,8-9H2,1-2,4H3,(H,19,20,21)/t11-,14+/m1/s1/i4D3,5D2,6D2,7D,9D2,10D,11D. The molecule has 0 aromatic carbocycles. The first-order chi connectivity index (χ1) is 16.2. The number of aromatic nitrogens is 3. The third-order valence-electron chi connectivity index (χ3n) is 3.37. The molecule has 0 unspecified atom stereocenters. The summed E-state index contributed by atoms with van der Waals surface area (Å²) in [4.78, 5) is 26.0. The highest BCUT2D eigenvalue weighted by atomic mass is 16.2. The number of nitrogens with zero attached hydrogens (tertiary/aromatic N) is 5. The lowest BCUT2D eigenvalue weighted by atomic mass is 9.92. The number of piperidine rings is 1. The number of hydrogen-bond donors (Lipinski definition) is 1. The number of hydrogen-bond acceptors (Lipinski definition) is 4. The zero-order chi connectivity index (χ0) is 27.8. The predicted octanol–water partition coefficient (Wildman–Crippen LogP) is 1.86. The molecule has 2 aromatic rings. The smallest absolute Gasteiger partial charge is 0.302 e. The van der Waals surface area contributed by atoms with E-state index in [9.17, 15) is 4.79 Å². The minimum atomic E-state index is -3.47. The van der Waals surface area contributed by atoms with Crippen molar-refractivity contribution in [3.05, 3.63) is 29.5 Å². The highest BCUT2D eigenvalue weighted by Crippen LogP contribution is 2.29. The van der Waals surface area contributed by atoms with Crippen molar-refractivity contribution in [2.45, 2.75) is 26.3 Å². The molecule has 1 aliphatic heterocycles. The number of likely N-dealkylation sites (N-methyl/N-ethyl adjacent to an activating group) is 1. The molecule has 1 fully saturated rings. The van der Waals surface area contributed by atoms with Crippen molar-refractivity contribution in [3.8, 4) is 0 Å². The molecule has 0 bridgehead atoms. The Hall–Kier alpha value is -2.62. The van der Waals surface area contributed by atoms with E-state index in [1.54, 1.807) is 0 Å². The zero-order valence-electron chi connectivity index (χ0n) is 24.9. The van der Waals surface area contributed by atoms with Crippen LogP contribution in [0, 0.1) is 19.4 Å². The number of aryl methyl sites for hydroxylation is 1. The Kier molecular flexibility index (Phi) is 1.91. The first-order valence-corrected chi connectivity index (χ1v) is 6.95. The van der Waals surface area contributed by atoms with Crippen LogP contribution in [0.4, 0.5) is 5.82 Å². The molecule has 3 heterocycles. The Morgan fingerprint density at radius 2 is 2.58 bits per heavy atom. The van der Waals surface area contributed by atoms with E-state index in [0.717, 1.165) is 6.92 Å². The topological polar surface area (TPSA) is 69.5 Å². The van der Waals surface area contributed by atoms with Gasteiger partial charge in [0.1, 0.15) is 19.1 Å². The Balaban J connectivity index is 2.47. The highest BCUT2D eigenvalue weighted by molar-refractivity contribution is 5.88. The fourth-order valence-corrected chi connectivity index (χ4v) is 2.23. The molecule has 3 rings (SSSR count). The molecule has 1 amide bonds. The maximum atomic E-state index is 12.8. The van der Waals surface area contributed by atoms with Gasteiger partial charge in [0, 0.05) is 36.6 Å². The van der Waals surface area contributed by atoms with Gasteiger partial charge in [0.25, 0.3) is 6.54 Å². The van der Waals surface area contributed by atoms with Crippen molar-refractivity contribution in [1.82, 2.24) is 19.9 Å². The first-order valence-electron chi connectivity index (χ1n) is 12.9. The summed E-state index contributed by atoms with van der Waals surface area (Å²) in [5, 5.41) is -0.251. The lowest BCUT2D eigenvalue weighted by Crippen LogP contribution is -2.53.